The first-order chi connectivity index (χ1) is 4.79. The summed E-state index contributed by atoms with van der Waals surface area (Å²) in [6, 6.07) is 0. The van der Waals surface area contributed by atoms with Crippen LogP contribution in [-0.2, 0) is 4.74 Å². The Morgan fingerprint density at radius 2 is 2.50 bits per heavy atom. The molecule has 1 fully saturated rings. The largest absolute Gasteiger partial charge is 0.381 e. The van der Waals surface area contributed by atoms with Crippen molar-refractivity contribution in [3.8, 4) is 11.8 Å². The standard InChI is InChI=1S/C8H12O2/c1-7(9)4-5-8-3-2-6-10-8/h7-9H,2-3,6H2,1H3/t7-,8-/m0/s1. The van der Waals surface area contributed by atoms with Crippen LogP contribution in [0.3, 0.4) is 0 Å². The van der Waals surface area contributed by atoms with Crippen LogP contribution in [0.4, 0.5) is 0 Å². The first-order valence-corrected chi connectivity index (χ1v) is 3.60. The molecule has 0 bridgehead atoms. The van der Waals surface area contributed by atoms with Gasteiger partial charge in [0.2, 0.25) is 0 Å². The lowest BCUT2D eigenvalue weighted by molar-refractivity contribution is 0.151. The van der Waals surface area contributed by atoms with Crippen LogP contribution in [0.1, 0.15) is 19.8 Å². The van der Waals surface area contributed by atoms with Crippen LogP contribution >= 0.6 is 0 Å². The van der Waals surface area contributed by atoms with Gasteiger partial charge in [-0.3, -0.25) is 0 Å². The highest BCUT2D eigenvalue weighted by atomic mass is 16.5. The van der Waals surface area contributed by atoms with Gasteiger partial charge in [0, 0.05) is 6.61 Å². The van der Waals surface area contributed by atoms with Crippen LogP contribution in [0.5, 0.6) is 0 Å². The van der Waals surface area contributed by atoms with E-state index in [1.807, 2.05) is 0 Å². The Labute approximate surface area is 61.2 Å². The Kier molecular flexibility index (Phi) is 2.73. The third-order valence-electron chi connectivity index (χ3n) is 1.38. The summed E-state index contributed by atoms with van der Waals surface area (Å²) >= 11 is 0. The van der Waals surface area contributed by atoms with Crippen molar-refractivity contribution in [2.75, 3.05) is 6.61 Å². The van der Waals surface area contributed by atoms with E-state index in [9.17, 15) is 0 Å². The summed E-state index contributed by atoms with van der Waals surface area (Å²) in [5, 5.41) is 8.78. The van der Waals surface area contributed by atoms with Crippen molar-refractivity contribution in [3.63, 3.8) is 0 Å². The van der Waals surface area contributed by atoms with Crippen molar-refractivity contribution in [1.29, 1.82) is 0 Å². The van der Waals surface area contributed by atoms with Gasteiger partial charge in [-0.1, -0.05) is 11.8 Å². The number of hydrogen-bond acceptors (Lipinski definition) is 2. The Morgan fingerprint density at radius 3 is 3.00 bits per heavy atom. The van der Waals surface area contributed by atoms with E-state index in [0.717, 1.165) is 19.4 Å². The van der Waals surface area contributed by atoms with Gasteiger partial charge in [0.1, 0.15) is 12.2 Å². The summed E-state index contributed by atoms with van der Waals surface area (Å²) in [7, 11) is 0. The van der Waals surface area contributed by atoms with E-state index in [-0.39, 0.29) is 6.10 Å². The molecule has 1 aliphatic heterocycles. The number of ether oxygens (including phenoxy) is 1. The molecule has 1 rings (SSSR count). The fraction of sp³-hybridized carbons (Fsp3) is 0.750. The Bertz CT molecular complexity index is 146. The third-order valence-corrected chi connectivity index (χ3v) is 1.38. The Hall–Kier alpha value is -0.520. The van der Waals surface area contributed by atoms with E-state index >= 15 is 0 Å². The van der Waals surface area contributed by atoms with Gasteiger partial charge in [-0.25, -0.2) is 0 Å². The van der Waals surface area contributed by atoms with Crippen molar-refractivity contribution in [1.82, 2.24) is 0 Å². The zero-order valence-corrected chi connectivity index (χ0v) is 6.13. The molecule has 0 aromatic rings. The Morgan fingerprint density at radius 1 is 1.70 bits per heavy atom. The fourth-order valence-corrected chi connectivity index (χ4v) is 0.905. The molecule has 0 aromatic heterocycles. The van der Waals surface area contributed by atoms with Crippen LogP contribution < -0.4 is 0 Å². The van der Waals surface area contributed by atoms with Crippen molar-refractivity contribution < 1.29 is 9.84 Å². The lowest BCUT2D eigenvalue weighted by Gasteiger charge is -1.97. The van der Waals surface area contributed by atoms with Gasteiger partial charge < -0.3 is 9.84 Å². The van der Waals surface area contributed by atoms with Crippen LogP contribution in [0.2, 0.25) is 0 Å². The smallest absolute Gasteiger partial charge is 0.118 e. The first-order valence-electron chi connectivity index (χ1n) is 3.60. The quantitative estimate of drug-likeness (QED) is 0.498. The average molecular weight is 140 g/mol. The highest BCUT2D eigenvalue weighted by Crippen LogP contribution is 2.10. The summed E-state index contributed by atoms with van der Waals surface area (Å²) in [5.41, 5.74) is 0. The first kappa shape index (κ1) is 7.59. The van der Waals surface area contributed by atoms with Crippen LogP contribution in [0.25, 0.3) is 0 Å². The predicted octanol–water partition coefficient (Wildman–Crippen LogP) is 0.550. The molecule has 1 saturated heterocycles. The molecule has 0 aromatic carbocycles. The normalized spacial score (nSPS) is 27.2. The van der Waals surface area contributed by atoms with Gasteiger partial charge in [-0.2, -0.15) is 0 Å². The second-order valence-electron chi connectivity index (χ2n) is 2.47. The number of aliphatic hydroxyl groups is 1. The molecule has 0 radical (unpaired) electrons. The lowest BCUT2D eigenvalue weighted by Crippen LogP contribution is -2.02. The van der Waals surface area contributed by atoms with Gasteiger partial charge in [-0.05, 0) is 19.8 Å². The molecule has 0 aliphatic carbocycles. The minimum Gasteiger partial charge on any atom is -0.381 e. The van der Waals surface area contributed by atoms with Gasteiger partial charge in [0.05, 0.1) is 0 Å². The Balaban J connectivity index is 2.31. The van der Waals surface area contributed by atoms with Gasteiger partial charge >= 0.3 is 0 Å². The second-order valence-corrected chi connectivity index (χ2v) is 2.47. The second kappa shape index (κ2) is 3.60. The molecule has 2 atom stereocenters. The van der Waals surface area contributed by atoms with Crippen molar-refractivity contribution in [2.24, 2.45) is 0 Å². The van der Waals surface area contributed by atoms with E-state index in [1.54, 1.807) is 6.92 Å². The van der Waals surface area contributed by atoms with E-state index < -0.39 is 6.10 Å². The van der Waals surface area contributed by atoms with Gasteiger partial charge in [-0.15, -0.1) is 0 Å². The molecule has 0 spiro atoms. The summed E-state index contributed by atoms with van der Waals surface area (Å²) in [6.07, 6.45) is 1.66. The molecule has 1 aliphatic rings. The molecule has 1 heterocycles. The maximum atomic E-state index is 8.78. The third kappa shape index (κ3) is 2.38. The zero-order valence-electron chi connectivity index (χ0n) is 6.13. The fourth-order valence-electron chi connectivity index (χ4n) is 0.905. The summed E-state index contributed by atoms with van der Waals surface area (Å²) in [5.74, 6) is 5.53. The molecule has 0 unspecified atom stereocenters. The molecule has 0 amide bonds. The maximum Gasteiger partial charge on any atom is 0.118 e. The van der Waals surface area contributed by atoms with E-state index in [1.165, 1.54) is 0 Å². The van der Waals surface area contributed by atoms with Gasteiger partial charge in [0.25, 0.3) is 0 Å². The summed E-state index contributed by atoms with van der Waals surface area (Å²) < 4.78 is 5.22. The van der Waals surface area contributed by atoms with E-state index in [0.29, 0.717) is 0 Å². The van der Waals surface area contributed by atoms with Gasteiger partial charge in [0.15, 0.2) is 0 Å². The van der Waals surface area contributed by atoms with E-state index in [4.69, 9.17) is 9.84 Å². The van der Waals surface area contributed by atoms with Crippen LogP contribution in [0.15, 0.2) is 0 Å². The molecule has 1 N–H and O–H groups in total. The number of rotatable bonds is 0. The summed E-state index contributed by atoms with van der Waals surface area (Å²) in [6.45, 7) is 2.47. The predicted molar refractivity (Wildman–Crippen MR) is 38.4 cm³/mol. The molecule has 0 saturated carbocycles. The topological polar surface area (TPSA) is 29.5 Å². The van der Waals surface area contributed by atoms with Crippen molar-refractivity contribution in [2.45, 2.75) is 32.0 Å². The zero-order chi connectivity index (χ0) is 7.40. The SMILES string of the molecule is C[C@H](O)C#C[C@@H]1CCCO1. The molecule has 56 valence electrons. The number of aliphatic hydroxyl groups excluding tert-OH is 1. The highest BCUT2D eigenvalue weighted by Gasteiger charge is 2.11. The number of hydrogen-bond donors (Lipinski definition) is 1. The highest BCUT2D eigenvalue weighted by molar-refractivity contribution is 5.09. The van der Waals surface area contributed by atoms with Crippen molar-refractivity contribution in [3.05, 3.63) is 0 Å². The molecule has 2 nitrogen and oxygen atoms in total. The lowest BCUT2D eigenvalue weighted by atomic mass is 10.2. The van der Waals surface area contributed by atoms with Crippen LogP contribution in [0, 0.1) is 11.8 Å². The summed E-state index contributed by atoms with van der Waals surface area (Å²) in [4.78, 5) is 0. The van der Waals surface area contributed by atoms with E-state index in [2.05, 4.69) is 11.8 Å². The minimum atomic E-state index is -0.524. The molecular weight excluding hydrogens is 128 g/mol. The maximum absolute atomic E-state index is 8.78. The molecule has 2 heteroatoms. The molecule has 10 heavy (non-hydrogen) atoms. The van der Waals surface area contributed by atoms with Crippen LogP contribution in [-0.4, -0.2) is 23.9 Å². The molecular formula is C8H12O2. The average Bonchev–Trinajstić information content (AvgIpc) is 2.34. The monoisotopic (exact) mass is 140 g/mol. The minimum absolute atomic E-state index is 0.0783. The van der Waals surface area contributed by atoms with Crippen molar-refractivity contribution >= 4 is 0 Å².